The van der Waals surface area contributed by atoms with Crippen molar-refractivity contribution < 1.29 is 28.6 Å². The van der Waals surface area contributed by atoms with Crippen LogP contribution in [0.1, 0.15) is 34.6 Å². The number of carbonyl (C=O) groups is 2. The van der Waals surface area contributed by atoms with E-state index in [1.54, 1.807) is 42.5 Å². The highest BCUT2D eigenvalue weighted by atomic mass is 35.5. The smallest absolute Gasteiger partial charge is 0.296 e. The molecular formula is C29H23Cl2N3O6S2. The quantitative estimate of drug-likeness (QED) is 0.0726. The van der Waals surface area contributed by atoms with Crippen LogP contribution in [0.25, 0.3) is 0 Å². The van der Waals surface area contributed by atoms with Gasteiger partial charge in [0.1, 0.15) is 6.61 Å². The van der Waals surface area contributed by atoms with Crippen molar-refractivity contribution in [1.82, 2.24) is 10.2 Å². The maximum absolute atomic E-state index is 13.5. The predicted octanol–water partition coefficient (Wildman–Crippen LogP) is 7.48. The number of rotatable bonds is 12. The van der Waals surface area contributed by atoms with Gasteiger partial charge in [0.2, 0.25) is 10.9 Å². The summed E-state index contributed by atoms with van der Waals surface area (Å²) in [6, 6.07) is 12.2. The van der Waals surface area contributed by atoms with Crippen molar-refractivity contribution in [3.63, 3.8) is 0 Å². The van der Waals surface area contributed by atoms with Crippen molar-refractivity contribution in [3.05, 3.63) is 106 Å². The van der Waals surface area contributed by atoms with Gasteiger partial charge in [0, 0.05) is 15.8 Å². The Morgan fingerprint density at radius 1 is 1.19 bits per heavy atom. The molecule has 1 N–H and O–H groups in total. The minimum absolute atomic E-state index is 0.0273. The molecule has 2 aromatic carbocycles. The standard InChI is InChI=1S/C29H23Cl2N3O6S2/c1-3-11-39-20-10-8-16(13-22(20)38-4-2)24-23(25(35)21-6-5-12-40-21)26(36)27(37)34(24)28-32-33-29(42-28)41-15-17-7-9-18(30)14-19(17)31/h3,5-10,12-14,24,36H,1,4,11,15H2,2H3. The highest BCUT2D eigenvalue weighted by Gasteiger charge is 2.47. The first-order chi connectivity index (χ1) is 20.3. The molecule has 1 atom stereocenters. The fraction of sp³-hybridized carbons (Fsp3) is 0.172. The molecule has 1 unspecified atom stereocenters. The number of hydrogen-bond acceptors (Lipinski definition) is 10. The van der Waals surface area contributed by atoms with Gasteiger partial charge in [0.25, 0.3) is 5.91 Å². The van der Waals surface area contributed by atoms with E-state index in [1.165, 1.54) is 29.0 Å². The third kappa shape index (κ3) is 6.05. The number of furan rings is 1. The number of benzene rings is 2. The van der Waals surface area contributed by atoms with Crippen molar-refractivity contribution in [3.8, 4) is 11.5 Å². The van der Waals surface area contributed by atoms with Gasteiger partial charge in [-0.15, -0.1) is 10.2 Å². The first-order valence-corrected chi connectivity index (χ1v) is 15.1. The molecule has 0 spiro atoms. The molecule has 13 heteroatoms. The van der Waals surface area contributed by atoms with Gasteiger partial charge in [-0.25, -0.2) is 0 Å². The Balaban J connectivity index is 1.52. The zero-order valence-electron chi connectivity index (χ0n) is 22.1. The predicted molar refractivity (Wildman–Crippen MR) is 162 cm³/mol. The van der Waals surface area contributed by atoms with Crippen molar-refractivity contribution in [1.29, 1.82) is 0 Å². The molecule has 2 aromatic heterocycles. The number of aliphatic hydroxyl groups is 1. The van der Waals surface area contributed by atoms with Gasteiger partial charge in [-0.3, -0.25) is 14.5 Å². The molecule has 5 rings (SSSR count). The average molecular weight is 645 g/mol. The lowest BCUT2D eigenvalue weighted by Gasteiger charge is -2.24. The van der Waals surface area contributed by atoms with Crippen LogP contribution in [0.4, 0.5) is 5.13 Å². The summed E-state index contributed by atoms with van der Waals surface area (Å²) in [4.78, 5) is 28.3. The van der Waals surface area contributed by atoms with Crippen LogP contribution in [-0.4, -0.2) is 40.2 Å². The molecule has 1 amide bonds. The van der Waals surface area contributed by atoms with Gasteiger partial charge in [-0.05, 0) is 54.4 Å². The number of hydrogen-bond donors (Lipinski definition) is 1. The van der Waals surface area contributed by atoms with Gasteiger partial charge in [-0.1, -0.05) is 71.1 Å². The number of aromatic nitrogens is 2. The largest absolute Gasteiger partial charge is 0.503 e. The molecule has 9 nitrogen and oxygen atoms in total. The molecule has 42 heavy (non-hydrogen) atoms. The Morgan fingerprint density at radius 2 is 2.02 bits per heavy atom. The summed E-state index contributed by atoms with van der Waals surface area (Å²) < 4.78 is 17.4. The van der Waals surface area contributed by atoms with E-state index < -0.39 is 23.5 Å². The monoisotopic (exact) mass is 643 g/mol. The van der Waals surface area contributed by atoms with Crippen LogP contribution in [0.3, 0.4) is 0 Å². The topological polar surface area (TPSA) is 115 Å². The number of Topliss-reactive ketones (excluding diaryl/α,β-unsaturated/α-hetero) is 1. The number of thioether (sulfide) groups is 1. The van der Waals surface area contributed by atoms with Gasteiger partial charge in [0.05, 0.1) is 24.5 Å². The molecule has 0 aliphatic carbocycles. The maximum atomic E-state index is 13.5. The molecule has 0 radical (unpaired) electrons. The second kappa shape index (κ2) is 13.0. The van der Waals surface area contributed by atoms with E-state index in [1.807, 2.05) is 13.0 Å². The number of aliphatic hydroxyl groups excluding tert-OH is 1. The second-order valence-electron chi connectivity index (χ2n) is 8.76. The fourth-order valence-electron chi connectivity index (χ4n) is 4.26. The molecule has 1 aliphatic rings. The third-order valence-corrected chi connectivity index (χ3v) is 8.80. The lowest BCUT2D eigenvalue weighted by Crippen LogP contribution is -2.31. The van der Waals surface area contributed by atoms with E-state index in [0.717, 1.165) is 16.9 Å². The second-order valence-corrected chi connectivity index (χ2v) is 11.8. The molecule has 1 aliphatic heterocycles. The number of carbonyl (C=O) groups excluding carboxylic acids is 2. The number of halogens is 2. The SMILES string of the molecule is C=CCOc1ccc(C2C(C(=O)c3ccco3)=C(O)C(=O)N2c2nnc(SCc3ccc(Cl)cc3Cl)s2)cc1OCC. The molecule has 0 fully saturated rings. The van der Waals surface area contributed by atoms with E-state index in [0.29, 0.717) is 43.8 Å². The lowest BCUT2D eigenvalue weighted by molar-refractivity contribution is -0.117. The number of nitrogens with zero attached hydrogens (tertiary/aromatic N) is 3. The van der Waals surface area contributed by atoms with E-state index in [9.17, 15) is 14.7 Å². The van der Waals surface area contributed by atoms with Gasteiger partial charge in [0.15, 0.2) is 27.4 Å². The maximum Gasteiger partial charge on any atom is 0.296 e. The summed E-state index contributed by atoms with van der Waals surface area (Å²) in [5, 5.41) is 20.8. The summed E-state index contributed by atoms with van der Waals surface area (Å²) in [5.74, 6) is -0.831. The van der Waals surface area contributed by atoms with Crippen molar-refractivity contribution in [2.24, 2.45) is 0 Å². The normalized spacial score (nSPS) is 14.9. The Bertz CT molecular complexity index is 1670. The molecular weight excluding hydrogens is 621 g/mol. The summed E-state index contributed by atoms with van der Waals surface area (Å²) in [5.41, 5.74) is 1.18. The Morgan fingerprint density at radius 3 is 2.74 bits per heavy atom. The first-order valence-electron chi connectivity index (χ1n) is 12.6. The average Bonchev–Trinajstić information content (AvgIpc) is 3.73. The fourth-order valence-corrected chi connectivity index (χ4v) is 6.68. The molecule has 3 heterocycles. The van der Waals surface area contributed by atoms with E-state index in [4.69, 9.17) is 37.1 Å². The minimum Gasteiger partial charge on any atom is -0.503 e. The lowest BCUT2D eigenvalue weighted by atomic mass is 9.95. The van der Waals surface area contributed by atoms with Crippen molar-refractivity contribution in [2.45, 2.75) is 23.1 Å². The Kier molecular flexibility index (Phi) is 9.22. The zero-order valence-corrected chi connectivity index (χ0v) is 25.2. The molecule has 0 saturated heterocycles. The number of ether oxygens (including phenoxy) is 2. The zero-order chi connectivity index (χ0) is 29.8. The van der Waals surface area contributed by atoms with Crippen LogP contribution in [0, 0.1) is 0 Å². The first kappa shape index (κ1) is 29.7. The summed E-state index contributed by atoms with van der Waals surface area (Å²) >= 11 is 14.8. The molecule has 4 aromatic rings. The van der Waals surface area contributed by atoms with Crippen LogP contribution < -0.4 is 14.4 Å². The van der Waals surface area contributed by atoms with E-state index in [2.05, 4.69) is 16.8 Å². The summed E-state index contributed by atoms with van der Waals surface area (Å²) in [6.45, 7) is 6.09. The van der Waals surface area contributed by atoms with Crippen LogP contribution in [-0.2, 0) is 10.5 Å². The van der Waals surface area contributed by atoms with E-state index >= 15 is 0 Å². The minimum atomic E-state index is -1.06. The van der Waals surface area contributed by atoms with Crippen molar-refractivity contribution >= 4 is 63.1 Å². The van der Waals surface area contributed by atoms with Crippen LogP contribution in [0.5, 0.6) is 11.5 Å². The summed E-state index contributed by atoms with van der Waals surface area (Å²) in [6.07, 6.45) is 2.95. The number of amides is 1. The Labute approximate surface area is 259 Å². The molecule has 216 valence electrons. The molecule has 0 bridgehead atoms. The highest BCUT2D eigenvalue weighted by Crippen LogP contribution is 2.45. The van der Waals surface area contributed by atoms with Crippen molar-refractivity contribution in [2.75, 3.05) is 18.1 Å². The highest BCUT2D eigenvalue weighted by molar-refractivity contribution is 8.00. The molecule has 0 saturated carbocycles. The van der Waals surface area contributed by atoms with E-state index in [-0.39, 0.29) is 23.1 Å². The third-order valence-electron chi connectivity index (χ3n) is 6.11. The van der Waals surface area contributed by atoms with Gasteiger partial charge < -0.3 is 19.0 Å². The van der Waals surface area contributed by atoms with Crippen LogP contribution >= 0.6 is 46.3 Å². The number of anilines is 1. The van der Waals surface area contributed by atoms with Gasteiger partial charge in [-0.2, -0.15) is 0 Å². The number of ketones is 1. The van der Waals surface area contributed by atoms with Crippen LogP contribution in [0.15, 0.2) is 87.5 Å². The van der Waals surface area contributed by atoms with Crippen LogP contribution in [0.2, 0.25) is 10.0 Å². The Hall–Kier alpha value is -3.77. The summed E-state index contributed by atoms with van der Waals surface area (Å²) in [7, 11) is 0. The van der Waals surface area contributed by atoms with Gasteiger partial charge >= 0.3 is 0 Å².